The van der Waals surface area contributed by atoms with E-state index in [1.54, 1.807) is 7.11 Å². The van der Waals surface area contributed by atoms with Crippen molar-refractivity contribution in [2.75, 3.05) is 38.2 Å². The maximum Gasteiger partial charge on any atom is 0.119 e. The van der Waals surface area contributed by atoms with Crippen molar-refractivity contribution >= 4 is 5.69 Å². The van der Waals surface area contributed by atoms with E-state index in [1.165, 1.54) is 11.3 Å². The molecule has 3 nitrogen and oxygen atoms in total. The zero-order valence-corrected chi connectivity index (χ0v) is 12.5. The first-order valence-electron chi connectivity index (χ1n) is 7.41. The van der Waals surface area contributed by atoms with Crippen molar-refractivity contribution in [3.05, 3.63) is 60.2 Å². The molecule has 0 bridgehead atoms. The van der Waals surface area contributed by atoms with Crippen LogP contribution in [0.1, 0.15) is 5.56 Å². The van der Waals surface area contributed by atoms with Gasteiger partial charge in [0, 0.05) is 38.4 Å². The van der Waals surface area contributed by atoms with E-state index in [9.17, 15) is 0 Å². The molecule has 0 unspecified atom stereocenters. The highest BCUT2D eigenvalue weighted by molar-refractivity contribution is 5.46. The van der Waals surface area contributed by atoms with Crippen LogP contribution < -0.4 is 9.64 Å². The van der Waals surface area contributed by atoms with E-state index in [1.807, 2.05) is 18.2 Å². The second-order valence-electron chi connectivity index (χ2n) is 5.37. The van der Waals surface area contributed by atoms with E-state index >= 15 is 0 Å². The highest BCUT2D eigenvalue weighted by Gasteiger charge is 2.17. The predicted octanol–water partition coefficient (Wildman–Crippen LogP) is 2.82. The van der Waals surface area contributed by atoms with E-state index < -0.39 is 0 Å². The third-order valence-electron chi connectivity index (χ3n) is 3.98. The summed E-state index contributed by atoms with van der Waals surface area (Å²) in [5.74, 6) is 0.937. The molecule has 0 aromatic heterocycles. The van der Waals surface area contributed by atoms with E-state index in [2.05, 4.69) is 46.2 Å². The lowest BCUT2D eigenvalue weighted by atomic mass is 10.2. The Hall–Kier alpha value is -2.00. The summed E-state index contributed by atoms with van der Waals surface area (Å²) in [5.41, 5.74) is 2.62. The second kappa shape index (κ2) is 6.64. The number of hydrogen-bond donors (Lipinski definition) is 0. The highest BCUT2D eigenvalue weighted by Crippen LogP contribution is 2.18. The Labute approximate surface area is 126 Å². The van der Waals surface area contributed by atoms with Crippen LogP contribution >= 0.6 is 0 Å². The molecule has 1 saturated heterocycles. The first-order valence-corrected chi connectivity index (χ1v) is 7.41. The van der Waals surface area contributed by atoms with Crippen LogP contribution in [0.25, 0.3) is 0 Å². The summed E-state index contributed by atoms with van der Waals surface area (Å²) >= 11 is 0. The molecule has 0 N–H and O–H groups in total. The average molecular weight is 281 g/mol. The van der Waals surface area contributed by atoms with Gasteiger partial charge in [0.05, 0.1) is 7.11 Å². The Balaban J connectivity index is 1.56. The van der Waals surface area contributed by atoms with Gasteiger partial charge in [-0.25, -0.2) is 0 Å². The minimum atomic E-state index is 0.937. The van der Waals surface area contributed by atoms with Crippen LogP contribution in [0.5, 0.6) is 5.75 Å². The molecule has 109 valence electrons. The van der Waals surface area contributed by atoms with Crippen molar-refractivity contribution in [2.24, 2.45) is 0 Å². The lowest BCUT2D eigenvalue weighted by Gasteiger charge is -2.36. The van der Waals surface area contributed by atoms with Crippen molar-refractivity contribution in [3.63, 3.8) is 0 Å². The molecule has 0 saturated carbocycles. The molecule has 1 radical (unpaired) electrons. The smallest absolute Gasteiger partial charge is 0.119 e. The van der Waals surface area contributed by atoms with Gasteiger partial charge in [-0.1, -0.05) is 24.3 Å². The molecule has 1 heterocycles. The van der Waals surface area contributed by atoms with Gasteiger partial charge in [0.2, 0.25) is 0 Å². The van der Waals surface area contributed by atoms with Crippen molar-refractivity contribution in [1.29, 1.82) is 0 Å². The van der Waals surface area contributed by atoms with Crippen LogP contribution in [-0.4, -0.2) is 38.2 Å². The number of nitrogens with zero attached hydrogens (tertiary/aromatic N) is 2. The summed E-state index contributed by atoms with van der Waals surface area (Å²) in [6.45, 7) is 5.33. The summed E-state index contributed by atoms with van der Waals surface area (Å²) in [5, 5.41) is 0. The van der Waals surface area contributed by atoms with Gasteiger partial charge in [-0.2, -0.15) is 0 Å². The Bertz CT molecular complexity index is 562. The summed E-state index contributed by atoms with van der Waals surface area (Å²) in [6.07, 6.45) is 0. The third-order valence-corrected chi connectivity index (χ3v) is 3.98. The van der Waals surface area contributed by atoms with Crippen LogP contribution in [0.15, 0.2) is 48.5 Å². The molecule has 0 amide bonds. The maximum atomic E-state index is 5.29. The molecule has 0 spiro atoms. The first kappa shape index (κ1) is 14.0. The molecule has 1 aliphatic rings. The Morgan fingerprint density at radius 3 is 2.52 bits per heavy atom. The van der Waals surface area contributed by atoms with E-state index in [0.717, 1.165) is 38.5 Å². The average Bonchev–Trinajstić information content (AvgIpc) is 2.56. The highest BCUT2D eigenvalue weighted by atomic mass is 16.5. The Morgan fingerprint density at radius 1 is 1.05 bits per heavy atom. The van der Waals surface area contributed by atoms with Crippen molar-refractivity contribution in [1.82, 2.24) is 4.90 Å². The van der Waals surface area contributed by atoms with Gasteiger partial charge >= 0.3 is 0 Å². The van der Waals surface area contributed by atoms with Crippen LogP contribution in [0, 0.1) is 6.07 Å². The number of hydrogen-bond acceptors (Lipinski definition) is 3. The Morgan fingerprint density at radius 2 is 1.81 bits per heavy atom. The third kappa shape index (κ3) is 3.56. The van der Waals surface area contributed by atoms with Gasteiger partial charge < -0.3 is 9.64 Å². The van der Waals surface area contributed by atoms with Gasteiger partial charge in [-0.15, -0.1) is 0 Å². The first-order chi connectivity index (χ1) is 10.3. The number of benzene rings is 2. The number of rotatable bonds is 4. The standard InChI is InChI=1S/C18H21N2O/c1-21-18-9-5-6-16(14-18)15-19-10-12-20(13-11-19)17-7-3-2-4-8-17/h3-9,14H,10-13,15H2,1H3. The number of anilines is 1. The number of ether oxygens (including phenoxy) is 1. The molecule has 1 aliphatic heterocycles. The summed E-state index contributed by atoms with van der Waals surface area (Å²) in [6, 6.07) is 19.7. The molecular weight excluding hydrogens is 260 g/mol. The van der Waals surface area contributed by atoms with Crippen LogP contribution in [0.4, 0.5) is 5.69 Å². The lowest BCUT2D eigenvalue weighted by molar-refractivity contribution is 0.249. The number of methoxy groups -OCH3 is 1. The predicted molar refractivity (Wildman–Crippen MR) is 85.8 cm³/mol. The van der Waals surface area contributed by atoms with Gasteiger partial charge in [0.1, 0.15) is 5.75 Å². The van der Waals surface area contributed by atoms with Gasteiger partial charge in [-0.05, 0) is 35.9 Å². The topological polar surface area (TPSA) is 15.7 Å². The molecule has 3 heteroatoms. The zero-order valence-electron chi connectivity index (χ0n) is 12.5. The van der Waals surface area contributed by atoms with E-state index in [0.29, 0.717) is 0 Å². The molecule has 2 aromatic carbocycles. The molecule has 21 heavy (non-hydrogen) atoms. The van der Waals surface area contributed by atoms with E-state index in [-0.39, 0.29) is 0 Å². The summed E-state index contributed by atoms with van der Waals surface area (Å²) < 4.78 is 5.29. The molecule has 2 aromatic rings. The molecule has 0 atom stereocenters. The van der Waals surface area contributed by atoms with Crippen LogP contribution in [-0.2, 0) is 6.54 Å². The fraction of sp³-hybridized carbons (Fsp3) is 0.333. The monoisotopic (exact) mass is 281 g/mol. The quantitative estimate of drug-likeness (QED) is 0.857. The van der Waals surface area contributed by atoms with Gasteiger partial charge in [-0.3, -0.25) is 4.90 Å². The zero-order chi connectivity index (χ0) is 14.5. The van der Waals surface area contributed by atoms with Gasteiger partial charge in [0.15, 0.2) is 0 Å². The fourth-order valence-corrected chi connectivity index (χ4v) is 2.78. The van der Waals surface area contributed by atoms with Crippen molar-refractivity contribution in [2.45, 2.75) is 6.54 Å². The van der Waals surface area contributed by atoms with Crippen LogP contribution in [0.2, 0.25) is 0 Å². The molecule has 1 fully saturated rings. The van der Waals surface area contributed by atoms with Crippen molar-refractivity contribution in [3.8, 4) is 5.75 Å². The summed E-state index contributed by atoms with van der Waals surface area (Å²) in [4.78, 5) is 4.94. The SMILES string of the molecule is COc1cccc(CN2CCN(c3cc[c]cc3)CC2)c1. The summed E-state index contributed by atoms with van der Waals surface area (Å²) in [7, 11) is 1.72. The van der Waals surface area contributed by atoms with Gasteiger partial charge in [0.25, 0.3) is 0 Å². The Kier molecular flexibility index (Phi) is 4.41. The second-order valence-corrected chi connectivity index (χ2v) is 5.37. The number of piperazine rings is 1. The fourth-order valence-electron chi connectivity index (χ4n) is 2.78. The van der Waals surface area contributed by atoms with Crippen LogP contribution in [0.3, 0.4) is 0 Å². The van der Waals surface area contributed by atoms with Crippen molar-refractivity contribution < 1.29 is 4.74 Å². The molecule has 0 aliphatic carbocycles. The normalized spacial score (nSPS) is 16.0. The maximum absolute atomic E-state index is 5.29. The largest absolute Gasteiger partial charge is 0.497 e. The van der Waals surface area contributed by atoms with E-state index in [4.69, 9.17) is 4.74 Å². The molecular formula is C18H21N2O. The minimum absolute atomic E-state index is 0.937. The minimum Gasteiger partial charge on any atom is -0.497 e. The lowest BCUT2D eigenvalue weighted by Crippen LogP contribution is -2.45. The molecule has 3 rings (SSSR count).